The maximum Gasteiger partial charge on any atom is 0.242 e. The van der Waals surface area contributed by atoms with Gasteiger partial charge in [0.2, 0.25) is 10.0 Å². The average molecular weight is 329 g/mol. The topological polar surface area (TPSA) is 72.2 Å². The second-order valence-corrected chi connectivity index (χ2v) is 6.59. The van der Waals surface area contributed by atoms with Gasteiger partial charge in [-0.1, -0.05) is 41.9 Å². The smallest absolute Gasteiger partial charge is 0.242 e. The molecule has 0 aliphatic carbocycles. The molecule has 0 saturated heterocycles. The van der Waals surface area contributed by atoms with Crippen LogP contribution >= 0.6 is 11.6 Å². The van der Waals surface area contributed by atoms with Crippen molar-refractivity contribution >= 4 is 21.6 Å². The highest BCUT2D eigenvalue weighted by Crippen LogP contribution is 2.22. The number of halogens is 2. The van der Waals surface area contributed by atoms with Crippen LogP contribution in [0.5, 0.6) is 0 Å². The molecular formula is C14H14ClFN2O2S. The number of rotatable bonds is 5. The first kappa shape index (κ1) is 15.9. The van der Waals surface area contributed by atoms with Crippen molar-refractivity contribution in [1.29, 1.82) is 0 Å². The zero-order valence-electron chi connectivity index (χ0n) is 11.0. The first-order valence-corrected chi connectivity index (χ1v) is 8.01. The summed E-state index contributed by atoms with van der Waals surface area (Å²) in [4.78, 5) is -0.301. The van der Waals surface area contributed by atoms with Crippen LogP contribution in [0.2, 0.25) is 5.02 Å². The van der Waals surface area contributed by atoms with Crippen molar-refractivity contribution in [1.82, 2.24) is 4.72 Å². The minimum atomic E-state index is -3.92. The van der Waals surface area contributed by atoms with E-state index in [1.165, 1.54) is 6.07 Å². The van der Waals surface area contributed by atoms with Gasteiger partial charge in [-0.15, -0.1) is 0 Å². The van der Waals surface area contributed by atoms with Gasteiger partial charge in [-0.05, 0) is 23.8 Å². The Morgan fingerprint density at radius 3 is 2.52 bits per heavy atom. The van der Waals surface area contributed by atoms with Gasteiger partial charge in [0.1, 0.15) is 10.7 Å². The summed E-state index contributed by atoms with van der Waals surface area (Å²) in [6, 6.07) is 11.7. The molecule has 7 heteroatoms. The number of nitrogens with one attached hydrogen (secondary N) is 1. The second-order valence-electron chi connectivity index (χ2n) is 4.44. The Bertz CT molecular complexity index is 723. The molecule has 0 aliphatic heterocycles. The maximum atomic E-state index is 13.2. The van der Waals surface area contributed by atoms with E-state index in [4.69, 9.17) is 17.3 Å². The first-order chi connectivity index (χ1) is 9.90. The minimum absolute atomic E-state index is 0.0147. The molecule has 0 fully saturated rings. The minimum Gasteiger partial charge on any atom is -0.323 e. The van der Waals surface area contributed by atoms with Crippen LogP contribution in [0.4, 0.5) is 4.39 Å². The van der Waals surface area contributed by atoms with E-state index in [1.807, 2.05) is 18.2 Å². The lowest BCUT2D eigenvalue weighted by Gasteiger charge is -2.14. The standard InChI is InChI=1S/C14H14ClFN2O2S/c15-12-7-6-11(16)8-14(12)21(19,20)18-9-13(17)10-4-2-1-3-5-10/h1-8,13,18H,9,17H2. The van der Waals surface area contributed by atoms with E-state index < -0.39 is 21.9 Å². The maximum absolute atomic E-state index is 13.2. The van der Waals surface area contributed by atoms with Gasteiger partial charge >= 0.3 is 0 Å². The van der Waals surface area contributed by atoms with Crippen LogP contribution in [-0.4, -0.2) is 15.0 Å². The van der Waals surface area contributed by atoms with Crippen LogP contribution < -0.4 is 10.5 Å². The van der Waals surface area contributed by atoms with E-state index in [9.17, 15) is 12.8 Å². The second kappa shape index (κ2) is 6.53. The molecule has 0 spiro atoms. The number of nitrogens with two attached hydrogens (primary N) is 1. The molecule has 0 aromatic heterocycles. The summed E-state index contributed by atoms with van der Waals surface area (Å²) in [7, 11) is -3.92. The zero-order valence-corrected chi connectivity index (χ0v) is 12.5. The third-order valence-corrected chi connectivity index (χ3v) is 4.81. The highest BCUT2D eigenvalue weighted by Gasteiger charge is 2.19. The van der Waals surface area contributed by atoms with Crippen LogP contribution in [0.15, 0.2) is 53.4 Å². The third-order valence-electron chi connectivity index (χ3n) is 2.90. The van der Waals surface area contributed by atoms with Gasteiger partial charge in [-0.25, -0.2) is 17.5 Å². The SMILES string of the molecule is NC(CNS(=O)(=O)c1cc(F)ccc1Cl)c1ccccc1. The lowest BCUT2D eigenvalue weighted by molar-refractivity contribution is 0.569. The molecule has 0 saturated carbocycles. The largest absolute Gasteiger partial charge is 0.323 e. The summed E-state index contributed by atoms with van der Waals surface area (Å²) < 4.78 is 39.7. The summed E-state index contributed by atoms with van der Waals surface area (Å²) in [5.41, 5.74) is 6.71. The van der Waals surface area contributed by atoms with Gasteiger partial charge < -0.3 is 5.73 Å². The Kier molecular flexibility index (Phi) is 4.95. The Morgan fingerprint density at radius 1 is 1.19 bits per heavy atom. The number of hydrogen-bond acceptors (Lipinski definition) is 3. The first-order valence-electron chi connectivity index (χ1n) is 6.15. The highest BCUT2D eigenvalue weighted by atomic mass is 35.5. The van der Waals surface area contributed by atoms with Gasteiger partial charge in [0.15, 0.2) is 0 Å². The van der Waals surface area contributed by atoms with E-state index in [1.54, 1.807) is 12.1 Å². The fraction of sp³-hybridized carbons (Fsp3) is 0.143. The molecule has 0 bridgehead atoms. The van der Waals surface area contributed by atoms with Gasteiger partial charge in [-0.2, -0.15) is 0 Å². The molecule has 2 aromatic rings. The van der Waals surface area contributed by atoms with E-state index in [2.05, 4.69) is 4.72 Å². The molecule has 4 nitrogen and oxygen atoms in total. The van der Waals surface area contributed by atoms with Crippen molar-refractivity contribution in [2.45, 2.75) is 10.9 Å². The van der Waals surface area contributed by atoms with Crippen molar-refractivity contribution in [3.8, 4) is 0 Å². The molecule has 112 valence electrons. The fourth-order valence-corrected chi connectivity index (χ4v) is 3.35. The molecule has 3 N–H and O–H groups in total. The van der Waals surface area contributed by atoms with Crippen molar-refractivity contribution in [2.75, 3.05) is 6.54 Å². The number of benzene rings is 2. The molecule has 1 unspecified atom stereocenters. The van der Waals surface area contributed by atoms with Crippen LogP contribution in [-0.2, 0) is 10.0 Å². The van der Waals surface area contributed by atoms with Crippen LogP contribution in [0.3, 0.4) is 0 Å². The lowest BCUT2D eigenvalue weighted by Crippen LogP contribution is -2.32. The van der Waals surface area contributed by atoms with E-state index in [-0.39, 0.29) is 16.5 Å². The number of sulfonamides is 1. The monoisotopic (exact) mass is 328 g/mol. The molecule has 21 heavy (non-hydrogen) atoms. The molecular weight excluding hydrogens is 315 g/mol. The van der Waals surface area contributed by atoms with Gasteiger partial charge in [0.25, 0.3) is 0 Å². The molecule has 0 amide bonds. The molecule has 2 rings (SSSR count). The van der Waals surface area contributed by atoms with Gasteiger partial charge in [0, 0.05) is 12.6 Å². The molecule has 0 heterocycles. The van der Waals surface area contributed by atoms with Crippen LogP contribution in [0, 0.1) is 5.82 Å². The van der Waals surface area contributed by atoms with E-state index >= 15 is 0 Å². The van der Waals surface area contributed by atoms with Gasteiger partial charge in [-0.3, -0.25) is 0 Å². The van der Waals surface area contributed by atoms with Crippen molar-refractivity contribution in [2.24, 2.45) is 5.73 Å². The van der Waals surface area contributed by atoms with Gasteiger partial charge in [0.05, 0.1) is 5.02 Å². The third kappa shape index (κ3) is 4.01. The predicted molar refractivity (Wildman–Crippen MR) is 80.0 cm³/mol. The molecule has 0 aliphatic rings. The Balaban J connectivity index is 2.13. The molecule has 2 aromatic carbocycles. The predicted octanol–water partition coefficient (Wildman–Crippen LogP) is 2.46. The van der Waals surface area contributed by atoms with Crippen molar-refractivity contribution in [3.63, 3.8) is 0 Å². The fourth-order valence-electron chi connectivity index (χ4n) is 1.78. The normalized spacial score (nSPS) is 13.1. The summed E-state index contributed by atoms with van der Waals surface area (Å²) in [6.07, 6.45) is 0. The Morgan fingerprint density at radius 2 is 1.86 bits per heavy atom. The average Bonchev–Trinajstić information content (AvgIpc) is 2.48. The van der Waals surface area contributed by atoms with Crippen molar-refractivity contribution < 1.29 is 12.8 Å². The highest BCUT2D eigenvalue weighted by molar-refractivity contribution is 7.89. The Hall–Kier alpha value is -1.47. The summed E-state index contributed by atoms with van der Waals surface area (Å²) in [5.74, 6) is -0.674. The summed E-state index contributed by atoms with van der Waals surface area (Å²) in [6.45, 7) is -0.0147. The number of hydrogen-bond donors (Lipinski definition) is 2. The van der Waals surface area contributed by atoms with E-state index in [0.717, 1.165) is 17.7 Å². The zero-order chi connectivity index (χ0) is 15.5. The van der Waals surface area contributed by atoms with Crippen LogP contribution in [0.25, 0.3) is 0 Å². The van der Waals surface area contributed by atoms with E-state index in [0.29, 0.717) is 0 Å². The molecule has 1 atom stereocenters. The van der Waals surface area contributed by atoms with Crippen LogP contribution in [0.1, 0.15) is 11.6 Å². The summed E-state index contributed by atoms with van der Waals surface area (Å²) >= 11 is 5.80. The Labute approximate surface area is 127 Å². The van der Waals surface area contributed by atoms with Crippen molar-refractivity contribution in [3.05, 3.63) is 64.9 Å². The lowest BCUT2D eigenvalue weighted by atomic mass is 10.1. The summed E-state index contributed by atoms with van der Waals surface area (Å²) in [5, 5.41) is -0.0443. The molecule has 0 radical (unpaired) electrons. The quantitative estimate of drug-likeness (QED) is 0.885.